The van der Waals surface area contributed by atoms with Crippen LogP contribution in [0.5, 0.6) is 0 Å². The first-order chi connectivity index (χ1) is 4.15. The van der Waals surface area contributed by atoms with E-state index in [1.807, 2.05) is 0 Å². The molecule has 1 atom stereocenters. The van der Waals surface area contributed by atoms with Crippen LogP contribution in [0.1, 0.15) is 20.8 Å². The predicted molar refractivity (Wildman–Crippen MR) is 48.6 cm³/mol. The first-order valence-electron chi connectivity index (χ1n) is 3.05. The molecular weight excluding hydrogens is 149 g/mol. The maximum atomic E-state index is 9.00. The lowest BCUT2D eigenvalue weighted by Gasteiger charge is -1.86. The highest BCUT2D eigenvalue weighted by molar-refractivity contribution is 6.92. The van der Waals surface area contributed by atoms with Crippen LogP contribution in [-0.2, 0) is 4.79 Å². The van der Waals surface area contributed by atoms with Gasteiger partial charge in [-0.05, 0) is 13.1 Å². The van der Waals surface area contributed by atoms with E-state index in [9.17, 15) is 0 Å². The van der Waals surface area contributed by atoms with Crippen molar-refractivity contribution in [2.24, 2.45) is 0 Å². The number of nitrogens with one attached hydrogen (secondary N) is 1. The van der Waals surface area contributed by atoms with Crippen molar-refractivity contribution in [3.63, 3.8) is 0 Å². The highest BCUT2D eigenvalue weighted by Crippen LogP contribution is 1.47. The Morgan fingerprint density at radius 3 is 1.60 bits per heavy atom. The summed E-state index contributed by atoms with van der Waals surface area (Å²) in [5.41, 5.74) is 0. The van der Waals surface area contributed by atoms with Gasteiger partial charge in [0.15, 0.2) is 0 Å². The molecule has 0 heterocycles. The third kappa shape index (κ3) is 107. The lowest BCUT2D eigenvalue weighted by Crippen LogP contribution is -2.09. The molecule has 0 saturated carbocycles. The molecule has 3 nitrogen and oxygen atoms in total. The Labute approximate surface area is 65.8 Å². The second kappa shape index (κ2) is 15.9. The molecule has 4 heteroatoms. The summed E-state index contributed by atoms with van der Waals surface area (Å²) in [6.45, 7) is 7.47. The molecule has 0 radical (unpaired) electrons. The molecule has 0 aliphatic carbocycles. The quantitative estimate of drug-likeness (QED) is 0.597. The zero-order valence-electron chi connectivity index (χ0n) is 6.98. The van der Waals surface area contributed by atoms with Gasteiger partial charge in [-0.3, -0.25) is 4.79 Å². The fraction of sp³-hybridized carbons (Fsp3) is 0.833. The van der Waals surface area contributed by atoms with Gasteiger partial charge in [0.05, 0.1) is 0 Å². The Bertz CT molecular complexity index is 62.8. The molecule has 0 saturated heterocycles. The minimum atomic E-state index is -0.833. The van der Waals surface area contributed by atoms with Crippen molar-refractivity contribution in [3.8, 4) is 0 Å². The average molecular weight is 167 g/mol. The van der Waals surface area contributed by atoms with Crippen molar-refractivity contribution in [2.75, 3.05) is 13.1 Å². The molecule has 0 bridgehead atoms. The van der Waals surface area contributed by atoms with E-state index in [0.717, 1.165) is 20.0 Å². The summed E-state index contributed by atoms with van der Waals surface area (Å²) in [6.07, 6.45) is 0. The first kappa shape index (κ1) is 16.4. The Balaban J connectivity index is -0.0000000910. The van der Waals surface area contributed by atoms with E-state index in [2.05, 4.69) is 19.2 Å². The van der Waals surface area contributed by atoms with Crippen LogP contribution in [0.4, 0.5) is 0 Å². The van der Waals surface area contributed by atoms with Crippen LogP contribution in [-0.4, -0.2) is 24.2 Å². The molecule has 0 fully saturated rings. The number of hydrogen-bond donors (Lipinski definition) is 2. The van der Waals surface area contributed by atoms with Crippen molar-refractivity contribution in [2.45, 2.75) is 20.8 Å². The van der Waals surface area contributed by atoms with Gasteiger partial charge in [0, 0.05) is 6.92 Å². The number of hydrogen-bond acceptors (Lipinski definition) is 2. The Hall–Kier alpha value is -0.140. The zero-order chi connectivity index (χ0) is 7.70. The largest absolute Gasteiger partial charge is 0.481 e. The third-order valence-corrected chi connectivity index (χ3v) is 0.500. The molecule has 0 aromatic rings. The van der Waals surface area contributed by atoms with Gasteiger partial charge in [0.1, 0.15) is 0 Å². The molecule has 0 aliphatic rings. The van der Waals surface area contributed by atoms with Gasteiger partial charge in [0.25, 0.3) is 5.97 Å². The lowest BCUT2D eigenvalue weighted by atomic mass is 10.7. The number of carboxylic acids is 1. The van der Waals surface area contributed by atoms with Crippen LogP contribution < -0.4 is 5.32 Å². The minimum Gasteiger partial charge on any atom is -0.481 e. The van der Waals surface area contributed by atoms with Crippen LogP contribution in [0.25, 0.3) is 0 Å². The highest BCUT2D eigenvalue weighted by atomic mass is 31.0. The molecule has 0 spiro atoms. The van der Waals surface area contributed by atoms with E-state index in [-0.39, 0.29) is 9.90 Å². The molecule has 2 N–H and O–H groups in total. The van der Waals surface area contributed by atoms with Crippen LogP contribution in [0.3, 0.4) is 0 Å². The lowest BCUT2D eigenvalue weighted by molar-refractivity contribution is -0.134. The number of rotatable bonds is 2. The summed E-state index contributed by atoms with van der Waals surface area (Å²) in [5.74, 6) is -0.833. The standard InChI is InChI=1S/C4H11N.C2H4O2.H3P/c1-3-5-4-2;1-2(3)4;/h5H,3-4H2,1-2H3;1H3,(H,3,4);1H3. The predicted octanol–water partition coefficient (Wildman–Crippen LogP) is 0.765. The fourth-order valence-corrected chi connectivity index (χ4v) is 0.250. The van der Waals surface area contributed by atoms with Gasteiger partial charge < -0.3 is 10.4 Å². The highest BCUT2D eigenvalue weighted by Gasteiger charge is 1.65. The van der Waals surface area contributed by atoms with Crippen LogP contribution in [0.15, 0.2) is 0 Å². The van der Waals surface area contributed by atoms with Gasteiger partial charge in [-0.2, -0.15) is 9.90 Å². The van der Waals surface area contributed by atoms with E-state index in [4.69, 9.17) is 9.90 Å². The summed E-state index contributed by atoms with van der Waals surface area (Å²) in [5, 5.41) is 10.5. The second-order valence-corrected chi connectivity index (χ2v) is 1.48. The second-order valence-electron chi connectivity index (χ2n) is 1.48. The van der Waals surface area contributed by atoms with Crippen LogP contribution in [0, 0.1) is 0 Å². The van der Waals surface area contributed by atoms with Gasteiger partial charge in [-0.1, -0.05) is 13.8 Å². The normalized spacial score (nSPS) is 6.70. The maximum absolute atomic E-state index is 9.00. The molecule has 0 aliphatic heterocycles. The summed E-state index contributed by atoms with van der Waals surface area (Å²) < 4.78 is 0. The average Bonchev–Trinajstić information content (AvgIpc) is 1.66. The Kier molecular flexibility index (Phi) is 26.2. The third-order valence-electron chi connectivity index (χ3n) is 0.500. The monoisotopic (exact) mass is 167 g/mol. The van der Waals surface area contributed by atoms with E-state index in [0.29, 0.717) is 0 Å². The van der Waals surface area contributed by atoms with Gasteiger partial charge in [-0.15, -0.1) is 0 Å². The van der Waals surface area contributed by atoms with Crippen molar-refractivity contribution >= 4 is 15.9 Å². The summed E-state index contributed by atoms with van der Waals surface area (Å²) in [7, 11) is 0. The van der Waals surface area contributed by atoms with Crippen molar-refractivity contribution < 1.29 is 9.90 Å². The summed E-state index contributed by atoms with van der Waals surface area (Å²) >= 11 is 0. The van der Waals surface area contributed by atoms with E-state index in [1.165, 1.54) is 0 Å². The maximum Gasteiger partial charge on any atom is 0.300 e. The zero-order valence-corrected chi connectivity index (χ0v) is 8.39. The smallest absolute Gasteiger partial charge is 0.300 e. The van der Waals surface area contributed by atoms with Gasteiger partial charge >= 0.3 is 0 Å². The van der Waals surface area contributed by atoms with Crippen molar-refractivity contribution in [3.05, 3.63) is 0 Å². The van der Waals surface area contributed by atoms with Crippen molar-refractivity contribution in [1.29, 1.82) is 0 Å². The van der Waals surface area contributed by atoms with Crippen LogP contribution in [0.2, 0.25) is 0 Å². The van der Waals surface area contributed by atoms with E-state index in [1.54, 1.807) is 0 Å². The minimum absolute atomic E-state index is 0. The topological polar surface area (TPSA) is 49.3 Å². The molecule has 0 rings (SSSR count). The first-order valence-corrected chi connectivity index (χ1v) is 3.05. The van der Waals surface area contributed by atoms with Crippen molar-refractivity contribution in [1.82, 2.24) is 5.32 Å². The van der Waals surface area contributed by atoms with E-state index >= 15 is 0 Å². The molecular formula is C6H18NO2P. The summed E-state index contributed by atoms with van der Waals surface area (Å²) in [4.78, 5) is 9.00. The Morgan fingerprint density at radius 1 is 1.40 bits per heavy atom. The number of aliphatic carboxylic acids is 1. The number of carbonyl (C=O) groups is 1. The molecule has 10 heavy (non-hydrogen) atoms. The molecule has 0 aromatic heterocycles. The molecule has 0 amide bonds. The van der Waals surface area contributed by atoms with Gasteiger partial charge in [-0.25, -0.2) is 0 Å². The molecule has 64 valence electrons. The molecule has 1 unspecified atom stereocenters. The van der Waals surface area contributed by atoms with Crippen LogP contribution >= 0.6 is 9.90 Å². The van der Waals surface area contributed by atoms with E-state index < -0.39 is 5.97 Å². The Morgan fingerprint density at radius 2 is 1.60 bits per heavy atom. The SMILES string of the molecule is CC(=O)O.CCNCC.P. The number of carboxylic acid groups (broad SMARTS) is 1. The molecule has 0 aromatic carbocycles. The summed E-state index contributed by atoms with van der Waals surface area (Å²) in [6, 6.07) is 0. The fourth-order valence-electron chi connectivity index (χ4n) is 0.250. The van der Waals surface area contributed by atoms with Gasteiger partial charge in [0.2, 0.25) is 0 Å².